The van der Waals surface area contributed by atoms with Gasteiger partial charge in [0, 0.05) is 0 Å². The van der Waals surface area contributed by atoms with Gasteiger partial charge in [0.1, 0.15) is 11.8 Å². The van der Waals surface area contributed by atoms with Crippen LogP contribution < -0.4 is 10.1 Å². The van der Waals surface area contributed by atoms with Crippen LogP contribution in [0.25, 0.3) is 0 Å². The third-order valence-electron chi connectivity index (χ3n) is 4.05. The van der Waals surface area contributed by atoms with Gasteiger partial charge >= 0.3 is 0 Å². The lowest BCUT2D eigenvalue weighted by molar-refractivity contribution is -0.122. The van der Waals surface area contributed by atoms with Gasteiger partial charge in [-0.15, -0.1) is 0 Å². The molecule has 0 aliphatic rings. The lowest BCUT2D eigenvalue weighted by atomic mass is 9.99. The molecule has 0 saturated carbocycles. The van der Waals surface area contributed by atoms with Gasteiger partial charge in [-0.1, -0.05) is 38.1 Å². The highest BCUT2D eigenvalue weighted by atomic mass is 16.5. The van der Waals surface area contributed by atoms with E-state index in [0.29, 0.717) is 22.9 Å². The fraction of sp³-hybridized carbons (Fsp3) is 0.300. The van der Waals surface area contributed by atoms with Crippen LogP contribution in [-0.4, -0.2) is 12.0 Å². The normalized spacial score (nSPS) is 12.8. The van der Waals surface area contributed by atoms with E-state index in [9.17, 15) is 4.79 Å². The first-order valence-corrected chi connectivity index (χ1v) is 8.11. The Balaban J connectivity index is 2.00. The van der Waals surface area contributed by atoms with E-state index in [1.54, 1.807) is 31.2 Å². The standard InChI is InChI=1S/C20H22N2O2/c1-4-14(2)16-9-11-18(12-10-16)24-15(3)20(23)22-19-8-6-5-7-17(19)13-21/h5-12,14-15H,4H2,1-3H3,(H,22,23)/t14-,15-/m1/s1. The Hall–Kier alpha value is -2.80. The van der Waals surface area contributed by atoms with Crippen molar-refractivity contribution >= 4 is 11.6 Å². The summed E-state index contributed by atoms with van der Waals surface area (Å²) in [5.74, 6) is 0.865. The molecule has 1 amide bonds. The number of rotatable bonds is 6. The third-order valence-corrected chi connectivity index (χ3v) is 4.05. The number of hydrogen-bond donors (Lipinski definition) is 1. The number of carbonyl (C=O) groups is 1. The molecule has 0 aromatic heterocycles. The van der Waals surface area contributed by atoms with E-state index in [0.717, 1.165) is 6.42 Å². The Labute approximate surface area is 143 Å². The van der Waals surface area contributed by atoms with E-state index in [4.69, 9.17) is 10.00 Å². The molecule has 2 atom stereocenters. The highest BCUT2D eigenvalue weighted by Gasteiger charge is 2.16. The number of benzene rings is 2. The predicted octanol–water partition coefficient (Wildman–Crippen LogP) is 4.48. The molecule has 0 bridgehead atoms. The summed E-state index contributed by atoms with van der Waals surface area (Å²) in [6.45, 7) is 6.02. The quantitative estimate of drug-likeness (QED) is 0.853. The minimum absolute atomic E-state index is 0.288. The van der Waals surface area contributed by atoms with E-state index < -0.39 is 6.10 Å². The molecule has 4 nitrogen and oxygen atoms in total. The highest BCUT2D eigenvalue weighted by Crippen LogP contribution is 2.22. The number of amides is 1. The fourth-order valence-electron chi connectivity index (χ4n) is 2.29. The van der Waals surface area contributed by atoms with Crippen LogP contribution in [0.5, 0.6) is 5.75 Å². The molecule has 0 heterocycles. The second-order valence-electron chi connectivity index (χ2n) is 5.79. The molecule has 2 aromatic rings. The van der Waals surface area contributed by atoms with Crippen molar-refractivity contribution in [1.82, 2.24) is 0 Å². The van der Waals surface area contributed by atoms with Gasteiger partial charge in [-0.25, -0.2) is 0 Å². The van der Waals surface area contributed by atoms with Gasteiger partial charge in [0.15, 0.2) is 6.10 Å². The predicted molar refractivity (Wildman–Crippen MR) is 95.0 cm³/mol. The Morgan fingerprint density at radius 3 is 2.46 bits per heavy atom. The Kier molecular flexibility index (Phi) is 5.97. The van der Waals surface area contributed by atoms with Crippen molar-refractivity contribution in [3.63, 3.8) is 0 Å². The van der Waals surface area contributed by atoms with Crippen molar-refractivity contribution in [1.29, 1.82) is 5.26 Å². The second-order valence-corrected chi connectivity index (χ2v) is 5.79. The number of para-hydroxylation sites is 1. The Bertz CT molecular complexity index is 732. The minimum Gasteiger partial charge on any atom is -0.481 e. The summed E-state index contributed by atoms with van der Waals surface area (Å²) in [4.78, 5) is 12.3. The summed E-state index contributed by atoms with van der Waals surface area (Å²) in [7, 11) is 0. The first-order valence-electron chi connectivity index (χ1n) is 8.11. The number of nitriles is 1. The molecule has 124 valence electrons. The summed E-state index contributed by atoms with van der Waals surface area (Å²) >= 11 is 0. The number of anilines is 1. The number of nitrogens with zero attached hydrogens (tertiary/aromatic N) is 1. The van der Waals surface area contributed by atoms with Crippen LogP contribution >= 0.6 is 0 Å². The van der Waals surface area contributed by atoms with Crippen molar-refractivity contribution in [3.05, 3.63) is 59.7 Å². The van der Waals surface area contributed by atoms with Crippen LogP contribution in [0.1, 0.15) is 44.2 Å². The smallest absolute Gasteiger partial charge is 0.265 e. The maximum atomic E-state index is 12.3. The zero-order valence-electron chi connectivity index (χ0n) is 14.2. The maximum absolute atomic E-state index is 12.3. The van der Waals surface area contributed by atoms with Crippen LogP contribution in [0, 0.1) is 11.3 Å². The van der Waals surface area contributed by atoms with E-state index >= 15 is 0 Å². The summed E-state index contributed by atoms with van der Waals surface area (Å²) in [5, 5.41) is 11.8. The van der Waals surface area contributed by atoms with Gasteiger partial charge in [-0.2, -0.15) is 5.26 Å². The first-order chi connectivity index (χ1) is 11.5. The molecule has 0 fully saturated rings. The van der Waals surface area contributed by atoms with Crippen LogP contribution in [0.15, 0.2) is 48.5 Å². The van der Waals surface area contributed by atoms with Gasteiger partial charge in [-0.3, -0.25) is 4.79 Å². The number of carbonyl (C=O) groups excluding carboxylic acids is 1. The van der Waals surface area contributed by atoms with Crippen molar-refractivity contribution in [2.45, 2.75) is 39.2 Å². The SMILES string of the molecule is CC[C@@H](C)c1ccc(O[C@H](C)C(=O)Nc2ccccc2C#N)cc1. The lowest BCUT2D eigenvalue weighted by Gasteiger charge is -2.16. The summed E-state index contributed by atoms with van der Waals surface area (Å²) < 4.78 is 5.70. The van der Waals surface area contributed by atoms with E-state index in [1.165, 1.54) is 5.56 Å². The molecule has 2 aromatic carbocycles. The van der Waals surface area contributed by atoms with Gasteiger partial charge in [-0.05, 0) is 49.1 Å². The monoisotopic (exact) mass is 322 g/mol. The molecule has 0 aliphatic heterocycles. The zero-order valence-corrected chi connectivity index (χ0v) is 14.2. The fourth-order valence-corrected chi connectivity index (χ4v) is 2.29. The topological polar surface area (TPSA) is 62.1 Å². The number of ether oxygens (including phenoxy) is 1. The van der Waals surface area contributed by atoms with Gasteiger partial charge < -0.3 is 10.1 Å². The van der Waals surface area contributed by atoms with Crippen LogP contribution in [0.2, 0.25) is 0 Å². The van der Waals surface area contributed by atoms with Crippen molar-refractivity contribution in [3.8, 4) is 11.8 Å². The van der Waals surface area contributed by atoms with E-state index in [1.807, 2.05) is 24.3 Å². The van der Waals surface area contributed by atoms with Crippen molar-refractivity contribution in [2.75, 3.05) is 5.32 Å². The maximum Gasteiger partial charge on any atom is 0.265 e. The van der Waals surface area contributed by atoms with Crippen LogP contribution in [0.3, 0.4) is 0 Å². The summed E-state index contributed by atoms with van der Waals surface area (Å²) in [6, 6.07) is 16.8. The lowest BCUT2D eigenvalue weighted by Crippen LogP contribution is -2.30. The third kappa shape index (κ3) is 4.36. The molecule has 24 heavy (non-hydrogen) atoms. The molecule has 1 N–H and O–H groups in total. The average molecular weight is 322 g/mol. The average Bonchev–Trinajstić information content (AvgIpc) is 2.62. The molecular formula is C20H22N2O2. The highest BCUT2D eigenvalue weighted by molar-refractivity contribution is 5.95. The van der Waals surface area contributed by atoms with Gasteiger partial charge in [0.25, 0.3) is 5.91 Å². The van der Waals surface area contributed by atoms with Gasteiger partial charge in [0.2, 0.25) is 0 Å². The number of hydrogen-bond acceptors (Lipinski definition) is 3. The molecule has 0 unspecified atom stereocenters. The molecule has 2 rings (SSSR count). The Morgan fingerprint density at radius 1 is 1.17 bits per heavy atom. The van der Waals surface area contributed by atoms with E-state index in [2.05, 4.69) is 25.2 Å². The molecule has 0 saturated heterocycles. The minimum atomic E-state index is -0.661. The Morgan fingerprint density at radius 2 is 1.83 bits per heavy atom. The number of nitrogens with one attached hydrogen (secondary N) is 1. The molecule has 4 heteroatoms. The molecule has 0 spiro atoms. The van der Waals surface area contributed by atoms with Crippen molar-refractivity contribution in [2.24, 2.45) is 0 Å². The molecule has 0 aliphatic carbocycles. The summed E-state index contributed by atoms with van der Waals surface area (Å²) in [5.41, 5.74) is 2.17. The zero-order chi connectivity index (χ0) is 17.5. The summed E-state index contributed by atoms with van der Waals surface area (Å²) in [6.07, 6.45) is 0.420. The van der Waals surface area contributed by atoms with Gasteiger partial charge in [0.05, 0.1) is 11.3 Å². The second kappa shape index (κ2) is 8.16. The first kappa shape index (κ1) is 17.6. The van der Waals surface area contributed by atoms with Crippen LogP contribution in [0.4, 0.5) is 5.69 Å². The largest absolute Gasteiger partial charge is 0.481 e. The van der Waals surface area contributed by atoms with E-state index in [-0.39, 0.29) is 5.91 Å². The molecular weight excluding hydrogens is 300 g/mol. The van der Waals surface area contributed by atoms with Crippen LogP contribution in [-0.2, 0) is 4.79 Å². The van der Waals surface area contributed by atoms with Crippen molar-refractivity contribution < 1.29 is 9.53 Å². The molecule has 0 radical (unpaired) electrons.